The van der Waals surface area contributed by atoms with Gasteiger partial charge in [-0.2, -0.15) is 0 Å². The lowest BCUT2D eigenvalue weighted by molar-refractivity contribution is -0.116. The minimum Gasteiger partial charge on any atom is -0.312 e. The van der Waals surface area contributed by atoms with Gasteiger partial charge in [-0.15, -0.1) is 11.8 Å². The third kappa shape index (κ3) is 3.68. The summed E-state index contributed by atoms with van der Waals surface area (Å²) in [6, 6.07) is 8.93. The number of hydrogen-bond donors (Lipinski definition) is 1. The lowest BCUT2D eigenvalue weighted by atomic mass is 10.0. The maximum Gasteiger partial charge on any atom is 0.241 e. The number of rotatable bonds is 3. The summed E-state index contributed by atoms with van der Waals surface area (Å²) < 4.78 is 42.5. The van der Waals surface area contributed by atoms with E-state index in [0.29, 0.717) is 18.5 Å². The summed E-state index contributed by atoms with van der Waals surface area (Å²) in [6.07, 6.45) is 2.13. The summed E-state index contributed by atoms with van der Waals surface area (Å²) in [5.74, 6) is 0.348. The molecule has 1 unspecified atom stereocenters. The van der Waals surface area contributed by atoms with Crippen LogP contribution in [0.4, 0.5) is 10.1 Å². The molecule has 0 saturated heterocycles. The number of thioether (sulfide) groups is 1. The van der Waals surface area contributed by atoms with Crippen molar-refractivity contribution in [3.8, 4) is 0 Å². The average Bonchev–Trinajstić information content (AvgIpc) is 2.67. The highest BCUT2D eigenvalue weighted by atomic mass is 32.2. The summed E-state index contributed by atoms with van der Waals surface area (Å²) in [5.41, 5.74) is 2.31. The largest absolute Gasteiger partial charge is 0.312 e. The topological polar surface area (TPSA) is 66.5 Å². The van der Waals surface area contributed by atoms with E-state index in [1.54, 1.807) is 34.9 Å². The Morgan fingerprint density at radius 1 is 1.25 bits per heavy atom. The number of nitrogens with zero attached hydrogens (tertiary/aromatic N) is 1. The van der Waals surface area contributed by atoms with E-state index in [1.807, 2.05) is 0 Å². The van der Waals surface area contributed by atoms with Crippen molar-refractivity contribution in [1.82, 2.24) is 4.72 Å². The van der Waals surface area contributed by atoms with Crippen molar-refractivity contribution in [2.24, 2.45) is 0 Å². The molecule has 0 aromatic heterocycles. The van der Waals surface area contributed by atoms with Crippen molar-refractivity contribution in [2.45, 2.75) is 42.0 Å². The highest BCUT2D eigenvalue weighted by Crippen LogP contribution is 2.37. The van der Waals surface area contributed by atoms with E-state index in [0.717, 1.165) is 34.7 Å². The average molecular weight is 421 g/mol. The van der Waals surface area contributed by atoms with Gasteiger partial charge in [0, 0.05) is 30.1 Å². The number of benzene rings is 2. The van der Waals surface area contributed by atoms with Gasteiger partial charge >= 0.3 is 0 Å². The monoisotopic (exact) mass is 420 g/mol. The van der Waals surface area contributed by atoms with Gasteiger partial charge in [0.25, 0.3) is 0 Å². The Morgan fingerprint density at radius 2 is 2.07 bits per heavy atom. The normalized spacial score (nSPS) is 19.1. The molecule has 2 heterocycles. The number of amides is 1. The fourth-order valence-corrected chi connectivity index (χ4v) is 6.22. The molecule has 28 heavy (non-hydrogen) atoms. The molecule has 2 aromatic rings. The van der Waals surface area contributed by atoms with Gasteiger partial charge in [-0.3, -0.25) is 4.79 Å². The molecule has 4 rings (SSSR count). The fraction of sp³-hybridized carbons (Fsp3) is 0.350. The smallest absolute Gasteiger partial charge is 0.241 e. The Morgan fingerprint density at radius 3 is 2.86 bits per heavy atom. The zero-order valence-electron chi connectivity index (χ0n) is 15.4. The molecule has 1 N–H and O–H groups in total. The van der Waals surface area contributed by atoms with Gasteiger partial charge in [-0.25, -0.2) is 17.5 Å². The third-order valence-corrected chi connectivity index (χ3v) is 7.76. The molecule has 1 amide bonds. The van der Waals surface area contributed by atoms with Crippen LogP contribution in [0.5, 0.6) is 0 Å². The van der Waals surface area contributed by atoms with E-state index in [9.17, 15) is 17.6 Å². The van der Waals surface area contributed by atoms with Crippen molar-refractivity contribution in [1.29, 1.82) is 0 Å². The molecule has 0 spiro atoms. The summed E-state index contributed by atoms with van der Waals surface area (Å²) in [5, 5.41) is 0. The molecule has 0 saturated carbocycles. The van der Waals surface area contributed by atoms with E-state index >= 15 is 0 Å². The maximum absolute atomic E-state index is 13.7. The summed E-state index contributed by atoms with van der Waals surface area (Å²) in [4.78, 5) is 14.6. The standard InChI is InChI=1S/C20H21FN2O3S2/c1-13(24)23-9-2-3-14-11-16(5-6-19(14)23)28(25,26)22-18-8-10-27-20-7-4-15(21)12-17(18)20/h4-7,11-12,18,22H,2-3,8-10H2,1H3. The lowest BCUT2D eigenvalue weighted by Crippen LogP contribution is -2.34. The lowest BCUT2D eigenvalue weighted by Gasteiger charge is -2.29. The van der Waals surface area contributed by atoms with Gasteiger partial charge in [0.15, 0.2) is 0 Å². The molecule has 0 radical (unpaired) electrons. The Hall–Kier alpha value is -1.90. The minimum absolute atomic E-state index is 0.0481. The van der Waals surface area contributed by atoms with Crippen LogP contribution in [-0.4, -0.2) is 26.6 Å². The van der Waals surface area contributed by atoms with Crippen molar-refractivity contribution in [3.05, 3.63) is 53.3 Å². The molecule has 148 valence electrons. The molecule has 0 fully saturated rings. The van der Waals surface area contributed by atoms with Gasteiger partial charge < -0.3 is 4.90 Å². The fourth-order valence-electron chi connectivity index (χ4n) is 3.81. The number of halogens is 1. The molecule has 0 aliphatic carbocycles. The quantitative estimate of drug-likeness (QED) is 0.823. The van der Waals surface area contributed by atoms with Crippen LogP contribution in [-0.2, 0) is 21.2 Å². The second kappa shape index (κ2) is 7.50. The van der Waals surface area contributed by atoms with E-state index in [4.69, 9.17) is 0 Å². The number of hydrogen-bond acceptors (Lipinski definition) is 4. The predicted octanol–water partition coefficient (Wildman–Crippen LogP) is 3.64. The number of carbonyl (C=O) groups excluding carboxylic acids is 1. The van der Waals surface area contributed by atoms with Crippen LogP contribution >= 0.6 is 11.8 Å². The predicted molar refractivity (Wildman–Crippen MR) is 108 cm³/mol. The molecule has 1 atom stereocenters. The van der Waals surface area contributed by atoms with E-state index in [-0.39, 0.29) is 16.6 Å². The van der Waals surface area contributed by atoms with Crippen LogP contribution in [0.1, 0.15) is 36.9 Å². The van der Waals surface area contributed by atoms with Crippen molar-refractivity contribution < 1.29 is 17.6 Å². The van der Waals surface area contributed by atoms with Crippen molar-refractivity contribution >= 4 is 33.4 Å². The highest BCUT2D eigenvalue weighted by Gasteiger charge is 2.28. The molecule has 2 aromatic carbocycles. The minimum atomic E-state index is -3.77. The Kier molecular flexibility index (Phi) is 5.20. The number of sulfonamides is 1. The van der Waals surface area contributed by atoms with Crippen molar-refractivity contribution in [2.75, 3.05) is 17.2 Å². The second-order valence-electron chi connectivity index (χ2n) is 7.06. The van der Waals surface area contributed by atoms with Crippen LogP contribution in [0.25, 0.3) is 0 Å². The summed E-state index contributed by atoms with van der Waals surface area (Å²) >= 11 is 1.61. The van der Waals surface area contributed by atoms with Gasteiger partial charge in [-0.05, 0) is 72.5 Å². The molecular weight excluding hydrogens is 399 g/mol. The molecule has 2 aliphatic rings. The van der Waals surface area contributed by atoms with Crippen LogP contribution in [0.2, 0.25) is 0 Å². The Balaban J connectivity index is 1.64. The van der Waals surface area contributed by atoms with Gasteiger partial charge in [-0.1, -0.05) is 0 Å². The molecule has 2 aliphatic heterocycles. The summed E-state index contributed by atoms with van der Waals surface area (Å²) in [7, 11) is -3.77. The molecule has 5 nitrogen and oxygen atoms in total. The number of anilines is 1. The first kappa shape index (κ1) is 19.4. The van der Waals surface area contributed by atoms with Gasteiger partial charge in [0.05, 0.1) is 4.90 Å². The first-order valence-electron chi connectivity index (χ1n) is 9.21. The third-order valence-electron chi connectivity index (χ3n) is 5.17. The Bertz CT molecular complexity index is 1040. The van der Waals surface area contributed by atoms with Gasteiger partial charge in [0.2, 0.25) is 15.9 Å². The van der Waals surface area contributed by atoms with Crippen molar-refractivity contribution in [3.63, 3.8) is 0 Å². The first-order chi connectivity index (χ1) is 13.3. The van der Waals surface area contributed by atoms with Crippen LogP contribution in [0.3, 0.4) is 0 Å². The highest BCUT2D eigenvalue weighted by molar-refractivity contribution is 7.99. The zero-order chi connectivity index (χ0) is 19.9. The van der Waals surface area contributed by atoms with Crippen LogP contribution in [0, 0.1) is 5.82 Å². The second-order valence-corrected chi connectivity index (χ2v) is 9.91. The summed E-state index contributed by atoms with van der Waals surface area (Å²) in [6.45, 7) is 2.16. The van der Waals surface area contributed by atoms with E-state index in [2.05, 4.69) is 4.72 Å². The molecule has 8 heteroatoms. The number of fused-ring (bicyclic) bond motifs is 2. The van der Waals surface area contributed by atoms with Crippen LogP contribution < -0.4 is 9.62 Å². The molecular formula is C20H21FN2O3S2. The zero-order valence-corrected chi connectivity index (χ0v) is 17.1. The van der Waals surface area contributed by atoms with E-state index < -0.39 is 16.1 Å². The maximum atomic E-state index is 13.7. The number of aryl methyl sites for hydroxylation is 1. The SMILES string of the molecule is CC(=O)N1CCCc2cc(S(=O)(=O)NC3CCSc4ccc(F)cc43)ccc21. The molecule has 0 bridgehead atoms. The van der Waals surface area contributed by atoms with Crippen LogP contribution in [0.15, 0.2) is 46.2 Å². The first-order valence-corrected chi connectivity index (χ1v) is 11.7. The number of carbonyl (C=O) groups is 1. The van der Waals surface area contributed by atoms with E-state index in [1.165, 1.54) is 25.1 Å². The van der Waals surface area contributed by atoms with Gasteiger partial charge in [0.1, 0.15) is 5.82 Å². The Labute approximate surface area is 168 Å². The number of nitrogens with one attached hydrogen (secondary N) is 1.